The molecule has 0 bridgehead atoms. The second kappa shape index (κ2) is 9.23. The maximum atomic E-state index is 12.2. The Balaban J connectivity index is 1.84. The van der Waals surface area contributed by atoms with E-state index in [-0.39, 0.29) is 24.3 Å². The summed E-state index contributed by atoms with van der Waals surface area (Å²) in [5, 5.41) is 5.67. The molecule has 0 aromatic heterocycles. The van der Waals surface area contributed by atoms with Crippen molar-refractivity contribution in [2.75, 3.05) is 26.2 Å². The van der Waals surface area contributed by atoms with Gasteiger partial charge in [-0.25, -0.2) is 0 Å². The summed E-state index contributed by atoms with van der Waals surface area (Å²) in [6.45, 7) is 8.35. The molecule has 1 heterocycles. The number of nitrogens with one attached hydrogen (secondary N) is 2. The molecule has 1 aliphatic heterocycles. The van der Waals surface area contributed by atoms with E-state index < -0.39 is 0 Å². The Labute approximate surface area is 144 Å². The second-order valence-electron chi connectivity index (χ2n) is 6.37. The lowest BCUT2D eigenvalue weighted by Gasteiger charge is -2.34. The molecule has 24 heavy (non-hydrogen) atoms. The maximum absolute atomic E-state index is 12.2. The molecule has 1 atom stereocenters. The predicted octanol–water partition coefficient (Wildman–Crippen LogP) is 1.50. The zero-order valence-electron chi connectivity index (χ0n) is 14.4. The number of benzene rings is 1. The summed E-state index contributed by atoms with van der Waals surface area (Å²) < 4.78 is 0. The highest BCUT2D eigenvalue weighted by molar-refractivity contribution is 5.88. The number of nitrogens with zero attached hydrogens (tertiary/aromatic N) is 1. The molecule has 0 radical (unpaired) electrons. The molecule has 1 unspecified atom stereocenters. The Bertz CT molecular complexity index is 571. The van der Waals surface area contributed by atoms with Crippen LogP contribution in [-0.2, 0) is 16.0 Å². The third kappa shape index (κ3) is 5.81. The highest BCUT2D eigenvalue weighted by Crippen LogP contribution is 2.11. The van der Waals surface area contributed by atoms with Crippen LogP contribution in [-0.4, -0.2) is 48.9 Å². The van der Waals surface area contributed by atoms with Gasteiger partial charge in [0.2, 0.25) is 11.8 Å². The zero-order chi connectivity index (χ0) is 17.4. The monoisotopic (exact) mass is 329 g/mol. The summed E-state index contributed by atoms with van der Waals surface area (Å²) in [5.74, 6) is -0.153. The lowest BCUT2D eigenvalue weighted by Crippen LogP contribution is -2.56. The van der Waals surface area contributed by atoms with E-state index >= 15 is 0 Å². The van der Waals surface area contributed by atoms with Crippen LogP contribution < -0.4 is 10.6 Å². The van der Waals surface area contributed by atoms with Gasteiger partial charge in [0.1, 0.15) is 0 Å². The van der Waals surface area contributed by atoms with E-state index in [0.717, 1.165) is 31.5 Å². The van der Waals surface area contributed by atoms with Gasteiger partial charge in [-0.1, -0.05) is 42.5 Å². The van der Waals surface area contributed by atoms with E-state index in [2.05, 4.69) is 34.2 Å². The predicted molar refractivity (Wildman–Crippen MR) is 95.6 cm³/mol. The van der Waals surface area contributed by atoms with Crippen LogP contribution in [0, 0.1) is 0 Å². The Kier molecular flexibility index (Phi) is 7.00. The molecule has 1 aromatic rings. The first-order valence-electron chi connectivity index (χ1n) is 8.53. The first-order valence-corrected chi connectivity index (χ1v) is 8.53. The molecular formula is C19H27N3O2. The van der Waals surface area contributed by atoms with Crippen molar-refractivity contribution in [1.82, 2.24) is 15.5 Å². The molecular weight excluding hydrogens is 302 g/mol. The van der Waals surface area contributed by atoms with Crippen molar-refractivity contribution < 1.29 is 9.59 Å². The van der Waals surface area contributed by atoms with E-state index in [0.29, 0.717) is 13.1 Å². The molecule has 1 saturated heterocycles. The molecule has 0 aliphatic carbocycles. The van der Waals surface area contributed by atoms with Gasteiger partial charge in [0.15, 0.2) is 0 Å². The van der Waals surface area contributed by atoms with Crippen LogP contribution >= 0.6 is 0 Å². The molecule has 2 rings (SSSR count). The summed E-state index contributed by atoms with van der Waals surface area (Å²) in [5.41, 5.74) is 2.20. The lowest BCUT2D eigenvalue weighted by atomic mass is 10.1. The quantitative estimate of drug-likeness (QED) is 0.711. The van der Waals surface area contributed by atoms with E-state index in [1.807, 2.05) is 25.1 Å². The summed E-state index contributed by atoms with van der Waals surface area (Å²) in [4.78, 5) is 26.3. The van der Waals surface area contributed by atoms with Gasteiger partial charge in [-0.15, -0.1) is 0 Å². The molecule has 130 valence electrons. The minimum absolute atomic E-state index is 0.0496. The molecule has 5 heteroatoms. The number of amides is 2. The largest absolute Gasteiger partial charge is 0.353 e. The third-order valence-corrected chi connectivity index (χ3v) is 4.16. The number of carbonyl (C=O) groups excluding carboxylic acids is 2. The van der Waals surface area contributed by atoms with Crippen LogP contribution in [0.2, 0.25) is 0 Å². The fourth-order valence-corrected chi connectivity index (χ4v) is 2.88. The first-order chi connectivity index (χ1) is 11.6. The summed E-state index contributed by atoms with van der Waals surface area (Å²) in [6.07, 6.45) is 2.15. The van der Waals surface area contributed by atoms with Gasteiger partial charge < -0.3 is 10.6 Å². The molecule has 1 aromatic carbocycles. The Hall–Kier alpha value is -2.14. The first kappa shape index (κ1) is 18.2. The maximum Gasteiger partial charge on any atom is 0.237 e. The average Bonchev–Trinajstić information content (AvgIpc) is 2.57. The van der Waals surface area contributed by atoms with Crippen LogP contribution in [0.15, 0.2) is 42.5 Å². The van der Waals surface area contributed by atoms with Gasteiger partial charge in [0.25, 0.3) is 0 Å². The number of rotatable bonds is 8. The highest BCUT2D eigenvalue weighted by Gasteiger charge is 2.30. The molecule has 0 saturated carbocycles. The van der Waals surface area contributed by atoms with Gasteiger partial charge in [0.05, 0.1) is 12.5 Å². The van der Waals surface area contributed by atoms with Crippen molar-refractivity contribution in [3.05, 3.63) is 48.0 Å². The van der Waals surface area contributed by atoms with Crippen LogP contribution in [0.3, 0.4) is 0 Å². The Morgan fingerprint density at radius 2 is 2.12 bits per heavy atom. The van der Waals surface area contributed by atoms with Crippen molar-refractivity contribution in [1.29, 1.82) is 0 Å². The fourth-order valence-electron chi connectivity index (χ4n) is 2.88. The number of aryl methyl sites for hydroxylation is 1. The van der Waals surface area contributed by atoms with Gasteiger partial charge >= 0.3 is 0 Å². The molecule has 1 fully saturated rings. The van der Waals surface area contributed by atoms with Crippen molar-refractivity contribution >= 4 is 11.8 Å². The van der Waals surface area contributed by atoms with E-state index in [4.69, 9.17) is 0 Å². The molecule has 2 amide bonds. The minimum atomic E-state index is -0.375. The molecule has 1 aliphatic rings. The van der Waals surface area contributed by atoms with E-state index in [1.165, 1.54) is 5.56 Å². The van der Waals surface area contributed by atoms with Gasteiger partial charge in [-0.3, -0.25) is 14.5 Å². The minimum Gasteiger partial charge on any atom is -0.353 e. The summed E-state index contributed by atoms with van der Waals surface area (Å²) in [7, 11) is 0. The topological polar surface area (TPSA) is 61.4 Å². The Morgan fingerprint density at radius 3 is 2.83 bits per heavy atom. The number of hydrogen-bond donors (Lipinski definition) is 2. The summed E-state index contributed by atoms with van der Waals surface area (Å²) in [6, 6.07) is 9.95. The van der Waals surface area contributed by atoms with Crippen LogP contribution in [0.5, 0.6) is 0 Å². The van der Waals surface area contributed by atoms with Crippen molar-refractivity contribution in [3.8, 4) is 0 Å². The van der Waals surface area contributed by atoms with Gasteiger partial charge in [-0.05, 0) is 31.9 Å². The second-order valence-corrected chi connectivity index (χ2v) is 6.37. The number of piperazine rings is 1. The number of carbonyl (C=O) groups is 2. The zero-order valence-corrected chi connectivity index (χ0v) is 14.4. The normalized spacial score (nSPS) is 18.0. The summed E-state index contributed by atoms with van der Waals surface area (Å²) >= 11 is 0. The lowest BCUT2D eigenvalue weighted by molar-refractivity contribution is -0.133. The van der Waals surface area contributed by atoms with Crippen molar-refractivity contribution in [3.63, 3.8) is 0 Å². The number of hydrogen-bond acceptors (Lipinski definition) is 3. The molecule has 2 N–H and O–H groups in total. The van der Waals surface area contributed by atoms with Crippen LogP contribution in [0.25, 0.3) is 0 Å². The van der Waals surface area contributed by atoms with E-state index in [9.17, 15) is 9.59 Å². The van der Waals surface area contributed by atoms with Gasteiger partial charge in [-0.2, -0.15) is 0 Å². The highest BCUT2D eigenvalue weighted by atomic mass is 16.2. The van der Waals surface area contributed by atoms with Crippen molar-refractivity contribution in [2.45, 2.75) is 32.2 Å². The van der Waals surface area contributed by atoms with Crippen LogP contribution in [0.4, 0.5) is 0 Å². The third-order valence-electron chi connectivity index (χ3n) is 4.16. The SMILES string of the molecule is C=C(C)CNC(=O)CC1C(=O)NCCN1CCCc1ccccc1. The van der Waals surface area contributed by atoms with Crippen molar-refractivity contribution in [2.24, 2.45) is 0 Å². The molecule has 0 spiro atoms. The van der Waals surface area contributed by atoms with Crippen LogP contribution in [0.1, 0.15) is 25.3 Å². The Morgan fingerprint density at radius 1 is 1.38 bits per heavy atom. The fraction of sp³-hybridized carbons (Fsp3) is 0.474. The smallest absolute Gasteiger partial charge is 0.237 e. The molecule has 5 nitrogen and oxygen atoms in total. The van der Waals surface area contributed by atoms with E-state index in [1.54, 1.807) is 0 Å². The average molecular weight is 329 g/mol. The standard InChI is InChI=1S/C19H27N3O2/c1-15(2)14-21-18(23)13-17-19(24)20-10-12-22(17)11-6-9-16-7-4-3-5-8-16/h3-5,7-8,17H,1,6,9-14H2,2H3,(H,20,24)(H,21,23). The van der Waals surface area contributed by atoms with Gasteiger partial charge in [0, 0.05) is 19.6 Å².